The average Bonchev–Trinajstić information content (AvgIpc) is 2.34. The van der Waals surface area contributed by atoms with Crippen LogP contribution in [0.3, 0.4) is 0 Å². The molecule has 0 aromatic heterocycles. The van der Waals surface area contributed by atoms with E-state index in [-0.39, 0.29) is 10.8 Å². The molecule has 0 fully saturated rings. The van der Waals surface area contributed by atoms with E-state index < -0.39 is 36.2 Å². The van der Waals surface area contributed by atoms with Crippen LogP contribution in [-0.4, -0.2) is 22.8 Å². The molecule has 104 valence electrons. The van der Waals surface area contributed by atoms with Crippen LogP contribution >= 0.6 is 0 Å². The lowest BCUT2D eigenvalue weighted by atomic mass is 10.1. The first-order chi connectivity index (χ1) is 9.23. The van der Waals surface area contributed by atoms with Gasteiger partial charge >= 0.3 is 11.4 Å². The molecule has 0 spiro atoms. The van der Waals surface area contributed by atoms with Crippen molar-refractivity contribution in [2.45, 2.75) is 4.90 Å². The highest BCUT2D eigenvalue weighted by Gasteiger charge is 2.33. The van der Waals surface area contributed by atoms with Crippen molar-refractivity contribution in [2.75, 3.05) is 0 Å². The first-order valence-corrected chi connectivity index (χ1v) is 6.44. The normalized spacial score (nSPS) is 11.4. The van der Waals surface area contributed by atoms with E-state index in [0.717, 1.165) is 6.07 Å². The summed E-state index contributed by atoms with van der Waals surface area (Å²) in [5.74, 6) is 0. The Balaban J connectivity index is 3.15. The summed E-state index contributed by atoms with van der Waals surface area (Å²) in [6.45, 7) is 0. The molecule has 2 aromatic rings. The van der Waals surface area contributed by atoms with Gasteiger partial charge in [0.05, 0.1) is 9.85 Å². The summed E-state index contributed by atoms with van der Waals surface area (Å²) in [6, 6.07) is 6.19. The Morgan fingerprint density at radius 3 is 2.10 bits per heavy atom. The van der Waals surface area contributed by atoms with Crippen LogP contribution in [-0.2, 0) is 10.1 Å². The Morgan fingerprint density at radius 1 is 1.00 bits per heavy atom. The fourth-order valence-electron chi connectivity index (χ4n) is 1.86. The van der Waals surface area contributed by atoms with E-state index in [1.54, 1.807) is 0 Å². The van der Waals surface area contributed by atoms with Crippen molar-refractivity contribution in [3.63, 3.8) is 0 Å². The maximum absolute atomic E-state index is 11.3. The number of hydrogen-bond donors (Lipinski definition) is 0. The van der Waals surface area contributed by atoms with Crippen LogP contribution in [0.1, 0.15) is 0 Å². The lowest BCUT2D eigenvalue weighted by molar-refractivity contribution is -0.424. The van der Waals surface area contributed by atoms with Gasteiger partial charge in [0.25, 0.3) is 0 Å². The van der Waals surface area contributed by atoms with Crippen LogP contribution < -0.4 is 0 Å². The summed E-state index contributed by atoms with van der Waals surface area (Å²) in [5, 5.41) is 21.6. The molecule has 20 heavy (non-hydrogen) atoms. The van der Waals surface area contributed by atoms with E-state index in [1.165, 1.54) is 24.3 Å². The number of nitro benzene ring substituents is 2. The third kappa shape index (κ3) is 2.17. The van der Waals surface area contributed by atoms with E-state index in [2.05, 4.69) is 0 Å². The molecule has 0 bridgehead atoms. The molecule has 0 aliphatic heterocycles. The standard InChI is InChI=1S/C10H6N2O7S/c13-11(14)8-5-6-3-1-2-4-7(6)10(20(17,18)19)9(8)12(15)16/h1-5H,(H,17,18,19)/p-1. The van der Waals surface area contributed by atoms with E-state index in [9.17, 15) is 33.2 Å². The molecule has 0 saturated carbocycles. The largest absolute Gasteiger partial charge is 0.744 e. The van der Waals surface area contributed by atoms with Crippen LogP contribution in [0, 0.1) is 20.2 Å². The monoisotopic (exact) mass is 297 g/mol. The maximum Gasteiger partial charge on any atom is 0.364 e. The van der Waals surface area contributed by atoms with Crippen LogP contribution in [0.4, 0.5) is 11.4 Å². The molecular formula is C10H5N2O7S-. The second-order valence-corrected chi connectivity index (χ2v) is 5.08. The van der Waals surface area contributed by atoms with Crippen LogP contribution in [0.5, 0.6) is 0 Å². The van der Waals surface area contributed by atoms with Gasteiger partial charge in [0.15, 0.2) is 0 Å². The second kappa shape index (κ2) is 4.51. The Morgan fingerprint density at radius 2 is 1.60 bits per heavy atom. The SMILES string of the molecule is O=[N+]([O-])c1cc2ccccc2c(S(=O)(=O)[O-])c1[N+](=O)[O-]. The maximum atomic E-state index is 11.3. The molecule has 0 atom stereocenters. The number of nitrogens with zero attached hydrogens (tertiary/aromatic N) is 2. The quantitative estimate of drug-likeness (QED) is 0.474. The van der Waals surface area contributed by atoms with Crippen LogP contribution in [0.15, 0.2) is 35.2 Å². The molecule has 2 aromatic carbocycles. The molecule has 10 heteroatoms. The summed E-state index contributed by atoms with van der Waals surface area (Å²) >= 11 is 0. The summed E-state index contributed by atoms with van der Waals surface area (Å²) in [4.78, 5) is 18.3. The number of nitro groups is 2. The number of hydrogen-bond acceptors (Lipinski definition) is 7. The molecule has 0 N–H and O–H groups in total. The Hall–Kier alpha value is -2.59. The van der Waals surface area contributed by atoms with Crippen molar-refractivity contribution in [1.82, 2.24) is 0 Å². The predicted octanol–water partition coefficient (Wildman–Crippen LogP) is 1.56. The third-order valence-electron chi connectivity index (χ3n) is 2.58. The summed E-state index contributed by atoms with van der Waals surface area (Å²) < 4.78 is 33.8. The molecule has 0 amide bonds. The average molecular weight is 297 g/mol. The Labute approximate surface area is 111 Å². The van der Waals surface area contributed by atoms with E-state index in [1.807, 2.05) is 0 Å². The van der Waals surface area contributed by atoms with Crippen molar-refractivity contribution < 1.29 is 22.8 Å². The predicted molar refractivity (Wildman–Crippen MR) is 65.2 cm³/mol. The summed E-state index contributed by atoms with van der Waals surface area (Å²) in [6.07, 6.45) is 0. The van der Waals surface area contributed by atoms with Crippen LogP contribution in [0.2, 0.25) is 0 Å². The summed E-state index contributed by atoms with van der Waals surface area (Å²) in [5.41, 5.74) is -2.35. The third-order valence-corrected chi connectivity index (χ3v) is 3.50. The van der Waals surface area contributed by atoms with Crippen molar-refractivity contribution in [3.8, 4) is 0 Å². The molecule has 0 heterocycles. The second-order valence-electron chi connectivity index (χ2n) is 3.76. The highest BCUT2D eigenvalue weighted by Crippen LogP contribution is 2.39. The van der Waals surface area contributed by atoms with Crippen molar-refractivity contribution >= 4 is 32.3 Å². The Kier molecular flexibility index (Phi) is 3.12. The summed E-state index contributed by atoms with van der Waals surface area (Å²) in [7, 11) is -5.26. The van der Waals surface area contributed by atoms with Crippen LogP contribution in [0.25, 0.3) is 10.8 Å². The lowest BCUT2D eigenvalue weighted by Gasteiger charge is -2.11. The van der Waals surface area contributed by atoms with Gasteiger partial charge in [-0.2, -0.15) is 0 Å². The van der Waals surface area contributed by atoms with E-state index in [0.29, 0.717) is 0 Å². The van der Waals surface area contributed by atoms with Gasteiger partial charge in [0, 0.05) is 11.5 Å². The fraction of sp³-hybridized carbons (Fsp3) is 0. The first kappa shape index (κ1) is 13.8. The molecule has 0 radical (unpaired) electrons. The molecule has 0 unspecified atom stereocenters. The van der Waals surface area contributed by atoms with Gasteiger partial charge < -0.3 is 4.55 Å². The number of fused-ring (bicyclic) bond motifs is 1. The van der Waals surface area contributed by atoms with E-state index in [4.69, 9.17) is 0 Å². The van der Waals surface area contributed by atoms with Crippen molar-refractivity contribution in [2.24, 2.45) is 0 Å². The molecule has 2 rings (SSSR count). The fourth-order valence-corrected chi connectivity index (χ4v) is 2.73. The van der Waals surface area contributed by atoms with Gasteiger partial charge in [-0.1, -0.05) is 24.3 Å². The smallest absolute Gasteiger partial charge is 0.364 e. The van der Waals surface area contributed by atoms with Crippen molar-refractivity contribution in [3.05, 3.63) is 50.6 Å². The highest BCUT2D eigenvalue weighted by molar-refractivity contribution is 7.86. The number of rotatable bonds is 3. The van der Waals surface area contributed by atoms with Gasteiger partial charge in [0.1, 0.15) is 15.0 Å². The van der Waals surface area contributed by atoms with Gasteiger partial charge in [-0.15, -0.1) is 0 Å². The number of benzene rings is 2. The highest BCUT2D eigenvalue weighted by atomic mass is 32.2. The lowest BCUT2D eigenvalue weighted by Crippen LogP contribution is -2.07. The topological polar surface area (TPSA) is 143 Å². The minimum Gasteiger partial charge on any atom is -0.744 e. The van der Waals surface area contributed by atoms with Gasteiger partial charge in [-0.25, -0.2) is 8.42 Å². The van der Waals surface area contributed by atoms with Gasteiger partial charge in [0.2, 0.25) is 0 Å². The van der Waals surface area contributed by atoms with E-state index >= 15 is 0 Å². The molecule has 9 nitrogen and oxygen atoms in total. The van der Waals surface area contributed by atoms with Gasteiger partial charge in [-0.3, -0.25) is 20.2 Å². The minimum absolute atomic E-state index is 0.0548. The Bertz CT molecular complexity index is 844. The van der Waals surface area contributed by atoms with Gasteiger partial charge in [-0.05, 0) is 5.39 Å². The minimum atomic E-state index is -5.26. The molecule has 0 aliphatic carbocycles. The zero-order chi connectivity index (χ0) is 15.1. The molecule has 0 saturated heterocycles. The molecular weight excluding hydrogens is 292 g/mol. The zero-order valence-electron chi connectivity index (χ0n) is 9.55. The molecule has 0 aliphatic rings. The first-order valence-electron chi connectivity index (χ1n) is 5.04. The zero-order valence-corrected chi connectivity index (χ0v) is 10.4. The van der Waals surface area contributed by atoms with Crippen molar-refractivity contribution in [1.29, 1.82) is 0 Å².